The van der Waals surface area contributed by atoms with Gasteiger partial charge in [0.1, 0.15) is 0 Å². The zero-order valence-corrected chi connectivity index (χ0v) is 13.9. The number of rotatable bonds is 5. The molecule has 0 aliphatic rings. The molecule has 4 nitrogen and oxygen atoms in total. The standard InChI is InChI=1S/C20H21N3O/c1-14(2)13-19(24)23-17-10-8-16(9-11-17)22-18-7-3-5-15-6-4-12-21-20(15)18/h3-12,14,22H,13H2,1-2H3,(H,23,24). The first-order valence-corrected chi connectivity index (χ1v) is 8.12. The van der Waals surface area contributed by atoms with E-state index in [-0.39, 0.29) is 5.91 Å². The minimum atomic E-state index is 0.0453. The van der Waals surface area contributed by atoms with Gasteiger partial charge in [0.25, 0.3) is 0 Å². The molecule has 4 heteroatoms. The number of hydrogen-bond donors (Lipinski definition) is 2. The van der Waals surface area contributed by atoms with Crippen LogP contribution in [0.2, 0.25) is 0 Å². The molecule has 0 aliphatic carbocycles. The molecule has 3 aromatic rings. The van der Waals surface area contributed by atoms with Crippen molar-refractivity contribution in [2.45, 2.75) is 20.3 Å². The Morgan fingerprint density at radius 1 is 1.00 bits per heavy atom. The lowest BCUT2D eigenvalue weighted by Gasteiger charge is -2.11. The molecule has 0 aliphatic heterocycles. The van der Waals surface area contributed by atoms with Crippen LogP contribution >= 0.6 is 0 Å². The van der Waals surface area contributed by atoms with Crippen LogP contribution in [0.15, 0.2) is 60.8 Å². The number of carbonyl (C=O) groups excluding carboxylic acids is 1. The minimum Gasteiger partial charge on any atom is -0.354 e. The first-order valence-electron chi connectivity index (χ1n) is 8.12. The predicted molar refractivity (Wildman–Crippen MR) is 99.6 cm³/mol. The van der Waals surface area contributed by atoms with Crippen LogP contribution in [-0.2, 0) is 4.79 Å². The second kappa shape index (κ2) is 7.13. The number of benzene rings is 2. The minimum absolute atomic E-state index is 0.0453. The SMILES string of the molecule is CC(C)CC(=O)Nc1ccc(Nc2cccc3cccnc23)cc1. The number of pyridine rings is 1. The normalized spacial score (nSPS) is 10.8. The number of nitrogens with one attached hydrogen (secondary N) is 2. The largest absolute Gasteiger partial charge is 0.354 e. The number of anilines is 3. The van der Waals surface area contributed by atoms with Gasteiger partial charge < -0.3 is 10.6 Å². The Kier molecular flexibility index (Phi) is 4.75. The molecule has 3 rings (SSSR count). The molecule has 0 unspecified atom stereocenters. The van der Waals surface area contributed by atoms with Crippen molar-refractivity contribution < 1.29 is 4.79 Å². The molecule has 0 saturated heterocycles. The van der Waals surface area contributed by atoms with Crippen LogP contribution in [0.5, 0.6) is 0 Å². The molecule has 0 atom stereocenters. The molecule has 0 radical (unpaired) electrons. The molecule has 122 valence electrons. The van der Waals surface area contributed by atoms with Gasteiger partial charge in [-0.15, -0.1) is 0 Å². The zero-order chi connectivity index (χ0) is 16.9. The van der Waals surface area contributed by atoms with E-state index in [1.807, 2.05) is 68.4 Å². The lowest BCUT2D eigenvalue weighted by Crippen LogP contribution is -2.13. The Bertz CT molecular complexity index is 836. The highest BCUT2D eigenvalue weighted by Crippen LogP contribution is 2.25. The van der Waals surface area contributed by atoms with E-state index in [0.29, 0.717) is 12.3 Å². The van der Waals surface area contributed by atoms with Crippen LogP contribution in [0.1, 0.15) is 20.3 Å². The van der Waals surface area contributed by atoms with Gasteiger partial charge >= 0.3 is 0 Å². The van der Waals surface area contributed by atoms with Gasteiger partial charge in [-0.25, -0.2) is 0 Å². The molecule has 1 heterocycles. The summed E-state index contributed by atoms with van der Waals surface area (Å²) >= 11 is 0. The van der Waals surface area contributed by atoms with Crippen molar-refractivity contribution in [3.63, 3.8) is 0 Å². The Hall–Kier alpha value is -2.88. The number of aromatic nitrogens is 1. The van der Waals surface area contributed by atoms with Crippen molar-refractivity contribution in [2.24, 2.45) is 5.92 Å². The van der Waals surface area contributed by atoms with Gasteiger partial charge in [-0.2, -0.15) is 0 Å². The first-order chi connectivity index (χ1) is 11.6. The highest BCUT2D eigenvalue weighted by molar-refractivity contribution is 5.93. The zero-order valence-electron chi connectivity index (χ0n) is 13.9. The van der Waals surface area contributed by atoms with Crippen LogP contribution in [0.4, 0.5) is 17.1 Å². The Morgan fingerprint density at radius 2 is 1.71 bits per heavy atom. The van der Waals surface area contributed by atoms with Crippen LogP contribution in [0.3, 0.4) is 0 Å². The van der Waals surface area contributed by atoms with Crippen LogP contribution in [0.25, 0.3) is 10.9 Å². The molecule has 24 heavy (non-hydrogen) atoms. The van der Waals surface area contributed by atoms with E-state index in [4.69, 9.17) is 0 Å². The fraction of sp³-hybridized carbons (Fsp3) is 0.200. The predicted octanol–water partition coefficient (Wildman–Crippen LogP) is 4.96. The van der Waals surface area contributed by atoms with E-state index in [1.54, 1.807) is 6.20 Å². The lowest BCUT2D eigenvalue weighted by molar-refractivity contribution is -0.116. The van der Waals surface area contributed by atoms with Crippen molar-refractivity contribution in [3.05, 3.63) is 60.8 Å². The lowest BCUT2D eigenvalue weighted by atomic mass is 10.1. The molecule has 0 spiro atoms. The maximum absolute atomic E-state index is 11.8. The number of para-hydroxylation sites is 1. The second-order valence-electron chi connectivity index (χ2n) is 6.23. The third kappa shape index (κ3) is 3.90. The van der Waals surface area contributed by atoms with Crippen LogP contribution in [-0.4, -0.2) is 10.9 Å². The first kappa shape index (κ1) is 16.0. The van der Waals surface area contributed by atoms with E-state index >= 15 is 0 Å². The van der Waals surface area contributed by atoms with Crippen molar-refractivity contribution in [3.8, 4) is 0 Å². The summed E-state index contributed by atoms with van der Waals surface area (Å²) in [6.45, 7) is 4.07. The molecule has 0 bridgehead atoms. The molecule has 1 amide bonds. The smallest absolute Gasteiger partial charge is 0.224 e. The fourth-order valence-electron chi connectivity index (χ4n) is 2.58. The molecule has 2 aromatic carbocycles. The van der Waals surface area contributed by atoms with Gasteiger partial charge in [0.15, 0.2) is 0 Å². The summed E-state index contributed by atoms with van der Waals surface area (Å²) in [5, 5.41) is 7.40. The summed E-state index contributed by atoms with van der Waals surface area (Å²) in [7, 11) is 0. The number of nitrogens with zero attached hydrogens (tertiary/aromatic N) is 1. The van der Waals surface area contributed by atoms with E-state index in [2.05, 4.69) is 15.6 Å². The van der Waals surface area contributed by atoms with Gasteiger partial charge in [-0.1, -0.05) is 32.0 Å². The summed E-state index contributed by atoms with van der Waals surface area (Å²) in [6, 6.07) is 17.7. The summed E-state index contributed by atoms with van der Waals surface area (Å²) in [6.07, 6.45) is 2.32. The van der Waals surface area contributed by atoms with Crippen molar-refractivity contribution in [1.82, 2.24) is 4.98 Å². The van der Waals surface area contributed by atoms with E-state index in [9.17, 15) is 4.79 Å². The summed E-state index contributed by atoms with van der Waals surface area (Å²) < 4.78 is 0. The molecule has 2 N–H and O–H groups in total. The Morgan fingerprint density at radius 3 is 2.46 bits per heavy atom. The number of fused-ring (bicyclic) bond motifs is 1. The molecule has 1 aromatic heterocycles. The highest BCUT2D eigenvalue weighted by Gasteiger charge is 2.06. The molecule has 0 saturated carbocycles. The highest BCUT2D eigenvalue weighted by atomic mass is 16.1. The van der Waals surface area contributed by atoms with Gasteiger partial charge in [-0.05, 0) is 42.3 Å². The fourth-order valence-corrected chi connectivity index (χ4v) is 2.58. The molecular weight excluding hydrogens is 298 g/mol. The second-order valence-corrected chi connectivity index (χ2v) is 6.23. The van der Waals surface area contributed by atoms with E-state index < -0.39 is 0 Å². The Labute approximate surface area is 141 Å². The Balaban J connectivity index is 1.73. The number of amides is 1. The van der Waals surface area contributed by atoms with Crippen LogP contribution < -0.4 is 10.6 Å². The van der Waals surface area contributed by atoms with Crippen molar-refractivity contribution in [1.29, 1.82) is 0 Å². The van der Waals surface area contributed by atoms with Gasteiger partial charge in [0, 0.05) is 29.4 Å². The monoisotopic (exact) mass is 319 g/mol. The summed E-state index contributed by atoms with van der Waals surface area (Å²) in [5.74, 6) is 0.397. The van der Waals surface area contributed by atoms with Gasteiger partial charge in [-0.3, -0.25) is 9.78 Å². The number of carbonyl (C=O) groups is 1. The van der Waals surface area contributed by atoms with E-state index in [0.717, 1.165) is 28.0 Å². The quantitative estimate of drug-likeness (QED) is 0.698. The van der Waals surface area contributed by atoms with Crippen molar-refractivity contribution >= 4 is 33.9 Å². The topological polar surface area (TPSA) is 54.0 Å². The average molecular weight is 319 g/mol. The van der Waals surface area contributed by atoms with Crippen molar-refractivity contribution in [2.75, 3.05) is 10.6 Å². The van der Waals surface area contributed by atoms with Gasteiger partial charge in [0.2, 0.25) is 5.91 Å². The third-order valence-electron chi connectivity index (χ3n) is 3.67. The summed E-state index contributed by atoms with van der Waals surface area (Å²) in [5.41, 5.74) is 3.66. The maximum Gasteiger partial charge on any atom is 0.224 e. The molecular formula is C20H21N3O. The molecule has 0 fully saturated rings. The van der Waals surface area contributed by atoms with Gasteiger partial charge in [0.05, 0.1) is 11.2 Å². The average Bonchev–Trinajstić information content (AvgIpc) is 2.56. The maximum atomic E-state index is 11.8. The third-order valence-corrected chi connectivity index (χ3v) is 3.67. The number of hydrogen-bond acceptors (Lipinski definition) is 3. The summed E-state index contributed by atoms with van der Waals surface area (Å²) in [4.78, 5) is 16.3. The van der Waals surface area contributed by atoms with E-state index in [1.165, 1.54) is 0 Å². The van der Waals surface area contributed by atoms with Crippen LogP contribution in [0, 0.1) is 5.92 Å².